The Kier molecular flexibility index (Phi) is 19.2. The SMILES string of the molecule is CC(CCN(C)C(=O)OC(C)(C)C)c1ccc(-n2cc(-c3ccnc(N)c3[N+](=O)[O-])cn2)nc1.CN(CCC(c1ccc(Br)nc1)C(F)(F)F)C(=O)OC(C)(C)C.Nc1nccc(-c2cn[nH]c2)c1[N+](=O)[O-]. The van der Waals surface area contributed by atoms with Crippen LogP contribution in [0.25, 0.3) is 28.1 Å². The number of carbonyl (C=O) groups excluding carboxylic acids is 2. The van der Waals surface area contributed by atoms with Crippen LogP contribution in [0.15, 0.2) is 90.6 Å². The van der Waals surface area contributed by atoms with Crippen LogP contribution in [0.4, 0.5) is 45.8 Å². The van der Waals surface area contributed by atoms with E-state index in [0.29, 0.717) is 39.2 Å². The molecule has 0 bridgehead atoms. The highest BCUT2D eigenvalue weighted by Crippen LogP contribution is 2.38. The van der Waals surface area contributed by atoms with Gasteiger partial charge in [0, 0.05) is 75.5 Å². The first-order chi connectivity index (χ1) is 33.6. The van der Waals surface area contributed by atoms with Gasteiger partial charge in [0.2, 0.25) is 11.6 Å². The van der Waals surface area contributed by atoms with Gasteiger partial charge in [-0.2, -0.15) is 23.4 Å². The minimum atomic E-state index is -4.41. The molecule has 0 fully saturated rings. The van der Waals surface area contributed by atoms with Crippen molar-refractivity contribution < 1.29 is 42.1 Å². The van der Waals surface area contributed by atoms with Crippen LogP contribution in [0, 0.1) is 20.2 Å². The Labute approximate surface area is 420 Å². The van der Waals surface area contributed by atoms with E-state index in [1.165, 1.54) is 62.3 Å². The van der Waals surface area contributed by atoms with Crippen LogP contribution in [-0.2, 0) is 9.47 Å². The minimum Gasteiger partial charge on any atom is -0.444 e. The predicted molar refractivity (Wildman–Crippen MR) is 265 cm³/mol. The number of pyridine rings is 4. The maximum Gasteiger partial charge on any atom is 0.410 e. The standard InChI is InChI=1S/C23H29N7O4.C15H20BrF3N2O2.C8H7N5O2/c1-15(9-11-28(5)22(31)34-23(2,3)4)16-6-7-19(26-12-16)29-14-17(13-27-29)18-8-10-25-21(24)20(18)30(32)33;1-14(2,3)23-13(22)21(4)8-7-11(15(17,18)19)10-5-6-12(16)20-9-10;9-8-7(13(14)15)6(1-2-10-8)5-3-11-12-4-5/h6-8,10,12-15H,9,11H2,1-5H3,(H2,24,25);5-6,9,11H,7-8H2,1-4H3;1-4H,(H2,9,10)(H,11,12). The van der Waals surface area contributed by atoms with Crippen molar-refractivity contribution in [2.24, 2.45) is 0 Å². The smallest absolute Gasteiger partial charge is 0.410 e. The van der Waals surface area contributed by atoms with Crippen molar-refractivity contribution >= 4 is 51.1 Å². The van der Waals surface area contributed by atoms with Crippen molar-refractivity contribution in [1.82, 2.24) is 49.7 Å². The van der Waals surface area contributed by atoms with E-state index in [9.17, 15) is 43.0 Å². The minimum absolute atomic E-state index is 0.0679. The number of alkyl halides is 3. The monoisotopic (exact) mass is 1070 g/mol. The molecule has 0 aromatic carbocycles. The Hall–Kier alpha value is -7.77. The number of halogens is 4. The lowest BCUT2D eigenvalue weighted by atomic mass is 9.96. The molecule has 6 aromatic heterocycles. The van der Waals surface area contributed by atoms with Crippen molar-refractivity contribution in [3.63, 3.8) is 0 Å². The Morgan fingerprint density at radius 2 is 1.26 bits per heavy atom. The van der Waals surface area contributed by atoms with Crippen LogP contribution < -0.4 is 11.5 Å². The highest BCUT2D eigenvalue weighted by Gasteiger charge is 2.41. The quantitative estimate of drug-likeness (QED) is 0.0550. The fourth-order valence-corrected chi connectivity index (χ4v) is 6.69. The third kappa shape index (κ3) is 16.7. The van der Waals surface area contributed by atoms with E-state index in [4.69, 9.17) is 20.9 Å². The molecule has 2 unspecified atom stereocenters. The average Bonchev–Trinajstić information content (AvgIpc) is 4.01. The second-order valence-electron chi connectivity index (χ2n) is 18.1. The molecule has 0 aliphatic rings. The van der Waals surface area contributed by atoms with Gasteiger partial charge >= 0.3 is 29.7 Å². The van der Waals surface area contributed by atoms with Crippen LogP contribution >= 0.6 is 15.9 Å². The lowest BCUT2D eigenvalue weighted by Crippen LogP contribution is -2.36. The summed E-state index contributed by atoms with van der Waals surface area (Å²) in [6, 6.07) is 9.68. The van der Waals surface area contributed by atoms with Gasteiger partial charge in [-0.3, -0.25) is 25.3 Å². The molecule has 0 saturated carbocycles. The number of nitrogens with zero attached hydrogens (tertiary/aromatic N) is 11. The third-order valence-electron chi connectivity index (χ3n) is 10.2. The topological polar surface area (TPSA) is 295 Å². The number of hydrogen-bond donors (Lipinski definition) is 3. The number of ether oxygens (including phenoxy) is 2. The summed E-state index contributed by atoms with van der Waals surface area (Å²) in [5.74, 6) is -1.20. The van der Waals surface area contributed by atoms with Gasteiger partial charge in [-0.15, -0.1) is 0 Å². The first kappa shape index (κ1) is 56.8. The van der Waals surface area contributed by atoms with Gasteiger partial charge in [0.25, 0.3) is 0 Å². The summed E-state index contributed by atoms with van der Waals surface area (Å²) in [5, 5.41) is 32.8. The van der Waals surface area contributed by atoms with Gasteiger partial charge in [0.05, 0.1) is 39.3 Å². The number of aromatic nitrogens is 8. The van der Waals surface area contributed by atoms with Crippen molar-refractivity contribution in [1.29, 1.82) is 0 Å². The zero-order valence-corrected chi connectivity index (χ0v) is 42.5. The lowest BCUT2D eigenvalue weighted by Gasteiger charge is -2.27. The molecule has 0 spiro atoms. The molecule has 72 heavy (non-hydrogen) atoms. The summed E-state index contributed by atoms with van der Waals surface area (Å²) in [5.41, 5.74) is 12.4. The lowest BCUT2D eigenvalue weighted by molar-refractivity contribution is -0.383. The summed E-state index contributed by atoms with van der Waals surface area (Å²) < 4.78 is 52.3. The normalized spacial score (nSPS) is 12.2. The van der Waals surface area contributed by atoms with Crippen molar-refractivity contribution in [3.05, 3.63) is 122 Å². The molecule has 26 heteroatoms. The number of nitrogen functional groups attached to an aromatic ring is 2. The molecule has 22 nitrogen and oxygen atoms in total. The molecule has 5 N–H and O–H groups in total. The fourth-order valence-electron chi connectivity index (χ4n) is 6.45. The Bertz CT molecular complexity index is 2770. The third-order valence-corrected chi connectivity index (χ3v) is 10.6. The summed E-state index contributed by atoms with van der Waals surface area (Å²) in [4.78, 5) is 63.5. The summed E-state index contributed by atoms with van der Waals surface area (Å²) in [7, 11) is 3.14. The van der Waals surface area contributed by atoms with Gasteiger partial charge < -0.3 is 30.7 Å². The number of carbonyl (C=O) groups is 2. The molecule has 0 saturated heterocycles. The van der Waals surface area contributed by atoms with Crippen molar-refractivity contribution in [2.75, 3.05) is 38.7 Å². The molecular weight excluding hydrogens is 1010 g/mol. The predicted octanol–water partition coefficient (Wildman–Crippen LogP) is 9.89. The van der Waals surface area contributed by atoms with Crippen molar-refractivity contribution in [2.45, 2.75) is 90.5 Å². The van der Waals surface area contributed by atoms with Gasteiger partial charge in [0.15, 0.2) is 5.82 Å². The summed E-state index contributed by atoms with van der Waals surface area (Å²) in [6.07, 6.45) is 7.10. The van der Waals surface area contributed by atoms with E-state index in [-0.39, 0.29) is 53.6 Å². The Balaban J connectivity index is 0.000000255. The molecule has 386 valence electrons. The van der Waals surface area contributed by atoms with Gasteiger partial charge in [0.1, 0.15) is 15.8 Å². The second kappa shape index (κ2) is 24.4. The summed E-state index contributed by atoms with van der Waals surface area (Å²) >= 11 is 3.09. The fraction of sp³-hybridized carbons (Fsp3) is 0.391. The van der Waals surface area contributed by atoms with E-state index in [1.54, 1.807) is 56.0 Å². The first-order valence-corrected chi connectivity index (χ1v) is 22.7. The van der Waals surface area contributed by atoms with E-state index in [0.717, 1.165) is 16.9 Å². The van der Waals surface area contributed by atoms with Crippen LogP contribution in [0.3, 0.4) is 0 Å². The highest BCUT2D eigenvalue weighted by atomic mass is 79.9. The number of nitro groups is 2. The number of anilines is 2. The number of rotatable bonds is 13. The maximum atomic E-state index is 13.3. The van der Waals surface area contributed by atoms with Crippen LogP contribution in [-0.4, -0.2) is 116 Å². The van der Waals surface area contributed by atoms with E-state index < -0.39 is 39.2 Å². The van der Waals surface area contributed by atoms with E-state index in [1.807, 2.05) is 32.9 Å². The molecule has 6 rings (SSSR count). The molecule has 6 aromatic rings. The number of H-pyrrole nitrogens is 1. The Morgan fingerprint density at radius 3 is 1.71 bits per heavy atom. The molecular formula is C46H56BrF3N14O8. The zero-order valence-electron chi connectivity index (χ0n) is 40.9. The van der Waals surface area contributed by atoms with Crippen LogP contribution in [0.1, 0.15) is 84.3 Å². The Morgan fingerprint density at radius 1 is 0.750 bits per heavy atom. The number of aromatic amines is 1. The molecule has 0 aliphatic heterocycles. The molecule has 2 atom stereocenters. The molecule has 0 aliphatic carbocycles. The number of nitrogens with two attached hydrogens (primary N) is 2. The van der Waals surface area contributed by atoms with E-state index >= 15 is 0 Å². The first-order valence-electron chi connectivity index (χ1n) is 21.9. The largest absolute Gasteiger partial charge is 0.444 e. The van der Waals surface area contributed by atoms with Gasteiger partial charge in [-0.25, -0.2) is 34.2 Å². The maximum absolute atomic E-state index is 13.3. The second-order valence-corrected chi connectivity index (χ2v) is 18.9. The average molecular weight is 1070 g/mol. The van der Waals surface area contributed by atoms with Crippen LogP contribution in [0.5, 0.6) is 0 Å². The van der Waals surface area contributed by atoms with Gasteiger partial charge in [-0.05, 0) is 112 Å². The number of hydrogen-bond acceptors (Lipinski definition) is 16. The number of nitrogens with one attached hydrogen (secondary N) is 1. The van der Waals surface area contributed by atoms with E-state index in [2.05, 4.69) is 58.1 Å². The molecule has 6 heterocycles. The van der Waals surface area contributed by atoms with Gasteiger partial charge in [-0.1, -0.05) is 19.1 Å². The number of amides is 2. The molecule has 0 radical (unpaired) electrons. The van der Waals surface area contributed by atoms with Crippen LogP contribution in [0.2, 0.25) is 0 Å². The van der Waals surface area contributed by atoms with Crippen molar-refractivity contribution in [3.8, 4) is 28.1 Å². The summed E-state index contributed by atoms with van der Waals surface area (Å²) in [6.45, 7) is 13.2. The highest BCUT2D eigenvalue weighted by molar-refractivity contribution is 9.10. The molecule has 2 amide bonds. The zero-order chi connectivity index (χ0) is 53.7.